The number of hydrogen-bond acceptors (Lipinski definition) is 3. The molecule has 0 N–H and O–H groups in total. The van der Waals surface area contributed by atoms with E-state index in [2.05, 4.69) is 4.90 Å². The molecular formula is C28H40F3NO2. The number of benzene rings is 1. The van der Waals surface area contributed by atoms with E-state index in [0.29, 0.717) is 12.5 Å². The molecule has 0 amide bonds. The van der Waals surface area contributed by atoms with Gasteiger partial charge in [0.2, 0.25) is 0 Å². The van der Waals surface area contributed by atoms with Gasteiger partial charge in [-0.25, -0.2) is 0 Å². The number of esters is 1. The van der Waals surface area contributed by atoms with E-state index in [0.717, 1.165) is 49.8 Å². The van der Waals surface area contributed by atoms with E-state index >= 15 is 0 Å². The zero-order chi connectivity index (χ0) is 24.1. The molecule has 0 spiro atoms. The van der Waals surface area contributed by atoms with Gasteiger partial charge in [0.15, 0.2) is 0 Å². The van der Waals surface area contributed by atoms with E-state index in [1.54, 1.807) is 12.1 Å². The van der Waals surface area contributed by atoms with Crippen molar-refractivity contribution in [2.45, 2.75) is 95.2 Å². The molecule has 0 radical (unpaired) electrons. The number of alkyl halides is 3. The average molecular weight is 480 g/mol. The van der Waals surface area contributed by atoms with Gasteiger partial charge in [-0.2, -0.15) is 13.2 Å². The quantitative estimate of drug-likeness (QED) is 0.369. The summed E-state index contributed by atoms with van der Waals surface area (Å²) in [6.07, 6.45) is 9.31. The van der Waals surface area contributed by atoms with Crippen molar-refractivity contribution in [3.05, 3.63) is 35.4 Å². The maximum absolute atomic E-state index is 13.2. The second kappa shape index (κ2) is 11.5. The maximum Gasteiger partial charge on any atom is 0.416 e. The molecule has 0 aliphatic heterocycles. The molecule has 0 aromatic heterocycles. The Morgan fingerprint density at radius 3 is 1.94 bits per heavy atom. The van der Waals surface area contributed by atoms with Crippen LogP contribution >= 0.6 is 0 Å². The second-order valence-electron chi connectivity index (χ2n) is 11.0. The van der Waals surface area contributed by atoms with Crippen LogP contribution in [-0.4, -0.2) is 37.1 Å². The van der Waals surface area contributed by atoms with E-state index in [9.17, 15) is 18.0 Å². The average Bonchev–Trinajstić information content (AvgIpc) is 3.52. The Kier molecular flexibility index (Phi) is 8.60. The van der Waals surface area contributed by atoms with Gasteiger partial charge in [0.05, 0.1) is 12.7 Å². The first-order valence-corrected chi connectivity index (χ1v) is 13.3. The minimum atomic E-state index is -4.32. The molecule has 0 bridgehead atoms. The predicted octanol–water partition coefficient (Wildman–Crippen LogP) is 7.20. The highest BCUT2D eigenvalue weighted by Gasteiger charge is 2.38. The highest BCUT2D eigenvalue weighted by Crippen LogP contribution is 2.43. The van der Waals surface area contributed by atoms with E-state index in [1.807, 2.05) is 0 Å². The minimum absolute atomic E-state index is 0.147. The largest absolute Gasteiger partial charge is 0.469 e. The van der Waals surface area contributed by atoms with Crippen LogP contribution in [0.1, 0.15) is 94.1 Å². The van der Waals surface area contributed by atoms with Gasteiger partial charge in [-0.3, -0.25) is 9.69 Å². The molecule has 3 atom stereocenters. The lowest BCUT2D eigenvalue weighted by Crippen LogP contribution is -2.47. The number of carbonyl (C=O) groups is 1. The third kappa shape index (κ3) is 6.56. The summed E-state index contributed by atoms with van der Waals surface area (Å²) in [6, 6.07) is 6.16. The summed E-state index contributed by atoms with van der Waals surface area (Å²) in [6.45, 7) is 2.22. The summed E-state index contributed by atoms with van der Waals surface area (Å²) in [4.78, 5) is 14.7. The van der Waals surface area contributed by atoms with Crippen molar-refractivity contribution < 1.29 is 22.7 Å². The van der Waals surface area contributed by atoms with E-state index in [1.165, 1.54) is 70.6 Å². The molecule has 3 saturated carbocycles. The SMILES string of the molecule is COC(=O)C[C@@H]1CC[C@@H](N(CC2CCCC2)CC2CCCC2)[C@H](c2ccc(C(F)(F)F)cc2)C1. The fourth-order valence-electron chi connectivity index (χ4n) is 6.86. The summed E-state index contributed by atoms with van der Waals surface area (Å²) in [7, 11) is 1.42. The van der Waals surface area contributed by atoms with Crippen LogP contribution in [0, 0.1) is 17.8 Å². The highest BCUT2D eigenvalue weighted by atomic mass is 19.4. The van der Waals surface area contributed by atoms with Crippen LogP contribution in [0.3, 0.4) is 0 Å². The second-order valence-corrected chi connectivity index (χ2v) is 11.0. The fraction of sp³-hybridized carbons (Fsp3) is 0.750. The van der Waals surface area contributed by atoms with E-state index in [-0.39, 0.29) is 17.8 Å². The molecule has 1 aromatic rings. The van der Waals surface area contributed by atoms with Crippen LogP contribution < -0.4 is 0 Å². The Morgan fingerprint density at radius 2 is 1.44 bits per heavy atom. The number of hydrogen-bond donors (Lipinski definition) is 0. The summed E-state index contributed by atoms with van der Waals surface area (Å²) < 4.78 is 44.5. The molecule has 3 aliphatic rings. The van der Waals surface area contributed by atoms with Crippen LogP contribution in [0.5, 0.6) is 0 Å². The maximum atomic E-state index is 13.2. The van der Waals surface area contributed by atoms with Crippen LogP contribution in [0.25, 0.3) is 0 Å². The number of halogens is 3. The van der Waals surface area contributed by atoms with Crippen molar-refractivity contribution in [1.82, 2.24) is 4.90 Å². The van der Waals surface area contributed by atoms with Crippen molar-refractivity contribution >= 4 is 5.97 Å². The molecular weight excluding hydrogens is 439 g/mol. The topological polar surface area (TPSA) is 29.5 Å². The Bertz CT molecular complexity index is 764. The lowest BCUT2D eigenvalue weighted by atomic mass is 9.72. The van der Waals surface area contributed by atoms with Crippen LogP contribution in [0.2, 0.25) is 0 Å². The molecule has 34 heavy (non-hydrogen) atoms. The van der Waals surface area contributed by atoms with Gasteiger partial charge >= 0.3 is 12.1 Å². The Hall–Kier alpha value is -1.56. The third-order valence-corrected chi connectivity index (χ3v) is 8.68. The van der Waals surface area contributed by atoms with Gasteiger partial charge in [0.25, 0.3) is 0 Å². The first-order valence-electron chi connectivity index (χ1n) is 13.3. The van der Waals surface area contributed by atoms with Crippen molar-refractivity contribution in [1.29, 1.82) is 0 Å². The summed E-state index contributed by atoms with van der Waals surface area (Å²) >= 11 is 0. The normalized spacial score (nSPS) is 26.9. The summed E-state index contributed by atoms with van der Waals surface area (Å²) in [5, 5.41) is 0. The van der Waals surface area contributed by atoms with Gasteiger partial charge in [-0.15, -0.1) is 0 Å². The molecule has 0 heterocycles. The van der Waals surface area contributed by atoms with E-state index in [4.69, 9.17) is 4.74 Å². The fourth-order valence-corrected chi connectivity index (χ4v) is 6.86. The molecule has 3 fully saturated rings. The zero-order valence-electron chi connectivity index (χ0n) is 20.5. The van der Waals surface area contributed by atoms with E-state index < -0.39 is 11.7 Å². The van der Waals surface area contributed by atoms with Gasteiger partial charge in [-0.05, 0) is 86.3 Å². The summed E-state index contributed by atoms with van der Waals surface area (Å²) in [5.41, 5.74) is 0.388. The Balaban J connectivity index is 1.58. The van der Waals surface area contributed by atoms with Crippen molar-refractivity contribution in [2.24, 2.45) is 17.8 Å². The number of carbonyl (C=O) groups excluding carboxylic acids is 1. The smallest absolute Gasteiger partial charge is 0.416 e. The van der Waals surface area contributed by atoms with Gasteiger partial charge in [0, 0.05) is 25.6 Å². The molecule has 6 heteroatoms. The number of methoxy groups -OCH3 is 1. The first-order chi connectivity index (χ1) is 16.3. The molecule has 4 rings (SSSR count). The van der Waals surface area contributed by atoms with Crippen LogP contribution in [0.4, 0.5) is 13.2 Å². The number of nitrogens with zero attached hydrogens (tertiary/aromatic N) is 1. The van der Waals surface area contributed by atoms with Crippen LogP contribution in [0.15, 0.2) is 24.3 Å². The van der Waals surface area contributed by atoms with Crippen molar-refractivity contribution in [3.8, 4) is 0 Å². The Labute approximate surface area is 202 Å². The lowest BCUT2D eigenvalue weighted by Gasteiger charge is -2.44. The zero-order valence-corrected chi connectivity index (χ0v) is 20.5. The first kappa shape index (κ1) is 25.5. The molecule has 3 aliphatic carbocycles. The standard InChI is InChI=1S/C28H40F3NO2/c1-34-27(33)17-22-10-15-26(25(16-22)23-11-13-24(14-12-23)28(29,30)31)32(18-20-6-2-3-7-20)19-21-8-4-5-9-21/h11-14,20-22,25-26H,2-10,15-19H2,1H3/t22-,25+,26-/m1/s1. The minimum Gasteiger partial charge on any atom is -0.469 e. The van der Waals surface area contributed by atoms with Gasteiger partial charge < -0.3 is 4.74 Å². The number of rotatable bonds is 8. The monoisotopic (exact) mass is 479 g/mol. The third-order valence-electron chi connectivity index (χ3n) is 8.68. The summed E-state index contributed by atoms with van der Waals surface area (Å²) in [5.74, 6) is 1.65. The van der Waals surface area contributed by atoms with Gasteiger partial charge in [-0.1, -0.05) is 37.8 Å². The van der Waals surface area contributed by atoms with Crippen molar-refractivity contribution in [2.75, 3.05) is 20.2 Å². The van der Waals surface area contributed by atoms with Gasteiger partial charge in [0.1, 0.15) is 0 Å². The highest BCUT2D eigenvalue weighted by molar-refractivity contribution is 5.69. The van der Waals surface area contributed by atoms with Crippen molar-refractivity contribution in [3.63, 3.8) is 0 Å². The predicted molar refractivity (Wildman–Crippen MR) is 127 cm³/mol. The number of ether oxygens (including phenoxy) is 1. The van der Waals surface area contributed by atoms with Crippen LogP contribution in [-0.2, 0) is 15.7 Å². The Morgan fingerprint density at radius 1 is 0.882 bits per heavy atom. The molecule has 0 saturated heterocycles. The lowest BCUT2D eigenvalue weighted by molar-refractivity contribution is -0.142. The molecule has 190 valence electrons. The molecule has 3 nitrogen and oxygen atoms in total. The molecule has 0 unspecified atom stereocenters. The molecule has 1 aromatic carbocycles.